The number of carbonyl (C=O) groups excluding carboxylic acids is 1. The van der Waals surface area contributed by atoms with Gasteiger partial charge in [0.05, 0.1) is 0 Å². The SMILES string of the molecule is NC(=O)/C=C\c1ccc(-c2ccsc2)s1. The first kappa shape index (κ1) is 10.1. The fourth-order valence-electron chi connectivity index (χ4n) is 1.17. The first-order valence-electron chi connectivity index (χ1n) is 4.35. The number of carbonyl (C=O) groups is 1. The Morgan fingerprint density at radius 2 is 2.20 bits per heavy atom. The number of primary amides is 1. The Kier molecular flexibility index (Phi) is 2.99. The topological polar surface area (TPSA) is 43.1 Å². The van der Waals surface area contributed by atoms with Gasteiger partial charge in [0.25, 0.3) is 0 Å². The van der Waals surface area contributed by atoms with Crippen molar-refractivity contribution in [2.75, 3.05) is 0 Å². The molecule has 0 aliphatic rings. The molecule has 0 atom stereocenters. The normalized spacial score (nSPS) is 10.9. The van der Waals surface area contributed by atoms with E-state index in [1.165, 1.54) is 16.5 Å². The molecule has 0 saturated heterocycles. The molecular weight excluding hydrogens is 226 g/mol. The van der Waals surface area contributed by atoms with Crippen molar-refractivity contribution in [3.8, 4) is 10.4 Å². The van der Waals surface area contributed by atoms with E-state index in [2.05, 4.69) is 11.4 Å². The van der Waals surface area contributed by atoms with E-state index in [0.717, 1.165) is 4.88 Å². The first-order valence-corrected chi connectivity index (χ1v) is 6.11. The van der Waals surface area contributed by atoms with Crippen LogP contribution in [0.5, 0.6) is 0 Å². The van der Waals surface area contributed by atoms with E-state index >= 15 is 0 Å². The molecule has 4 heteroatoms. The standard InChI is InChI=1S/C11H9NOS2/c12-11(13)4-2-9-1-3-10(15-9)8-5-6-14-7-8/h1-7H,(H2,12,13)/b4-2-. The number of hydrogen-bond acceptors (Lipinski definition) is 3. The van der Waals surface area contributed by atoms with Gasteiger partial charge in [-0.05, 0) is 35.0 Å². The van der Waals surface area contributed by atoms with Gasteiger partial charge in [-0.3, -0.25) is 4.79 Å². The van der Waals surface area contributed by atoms with Gasteiger partial charge in [0.15, 0.2) is 0 Å². The zero-order chi connectivity index (χ0) is 10.7. The summed E-state index contributed by atoms with van der Waals surface area (Å²) < 4.78 is 0. The van der Waals surface area contributed by atoms with E-state index in [-0.39, 0.29) is 0 Å². The fraction of sp³-hybridized carbons (Fsp3) is 0. The Hall–Kier alpha value is -1.39. The molecule has 0 aliphatic heterocycles. The van der Waals surface area contributed by atoms with Gasteiger partial charge in [-0.1, -0.05) is 0 Å². The highest BCUT2D eigenvalue weighted by atomic mass is 32.1. The summed E-state index contributed by atoms with van der Waals surface area (Å²) in [5, 5.41) is 4.15. The van der Waals surface area contributed by atoms with E-state index in [9.17, 15) is 4.79 Å². The Labute approximate surface area is 95.7 Å². The Bertz CT molecular complexity index is 482. The van der Waals surface area contributed by atoms with Gasteiger partial charge < -0.3 is 5.73 Å². The molecule has 2 N–H and O–H groups in total. The van der Waals surface area contributed by atoms with E-state index < -0.39 is 5.91 Å². The maximum atomic E-state index is 10.5. The van der Waals surface area contributed by atoms with Crippen LogP contribution in [0.2, 0.25) is 0 Å². The third-order valence-electron chi connectivity index (χ3n) is 1.84. The van der Waals surface area contributed by atoms with Gasteiger partial charge in [-0.2, -0.15) is 11.3 Å². The molecule has 76 valence electrons. The number of amides is 1. The van der Waals surface area contributed by atoms with E-state index in [1.54, 1.807) is 28.7 Å². The van der Waals surface area contributed by atoms with Crippen LogP contribution < -0.4 is 5.73 Å². The highest BCUT2D eigenvalue weighted by molar-refractivity contribution is 7.16. The van der Waals surface area contributed by atoms with E-state index in [0.29, 0.717) is 0 Å². The molecule has 0 unspecified atom stereocenters. The minimum absolute atomic E-state index is 0.416. The van der Waals surface area contributed by atoms with Crippen molar-refractivity contribution in [1.82, 2.24) is 0 Å². The highest BCUT2D eigenvalue weighted by Crippen LogP contribution is 2.30. The number of hydrogen-bond donors (Lipinski definition) is 1. The lowest BCUT2D eigenvalue weighted by atomic mass is 10.3. The first-order chi connectivity index (χ1) is 7.25. The van der Waals surface area contributed by atoms with Crippen LogP contribution in [0.4, 0.5) is 0 Å². The van der Waals surface area contributed by atoms with E-state index in [1.807, 2.05) is 17.5 Å². The molecule has 0 aromatic carbocycles. The minimum Gasteiger partial charge on any atom is -0.366 e. The van der Waals surface area contributed by atoms with E-state index in [4.69, 9.17) is 5.73 Å². The molecule has 0 bridgehead atoms. The summed E-state index contributed by atoms with van der Waals surface area (Å²) in [4.78, 5) is 12.8. The van der Waals surface area contributed by atoms with Crippen molar-refractivity contribution in [3.63, 3.8) is 0 Å². The number of rotatable bonds is 3. The number of nitrogens with two attached hydrogens (primary N) is 1. The summed E-state index contributed by atoms with van der Waals surface area (Å²) in [5.41, 5.74) is 6.25. The van der Waals surface area contributed by atoms with Crippen LogP contribution in [0, 0.1) is 0 Å². The summed E-state index contributed by atoms with van der Waals surface area (Å²) in [5.74, 6) is -0.416. The second-order valence-electron chi connectivity index (χ2n) is 2.95. The van der Waals surface area contributed by atoms with Crippen LogP contribution in [0.25, 0.3) is 16.5 Å². The molecular formula is C11H9NOS2. The van der Waals surface area contributed by atoms with Crippen LogP contribution >= 0.6 is 22.7 Å². The van der Waals surface area contributed by atoms with Gasteiger partial charge >= 0.3 is 0 Å². The Balaban J connectivity index is 2.21. The second kappa shape index (κ2) is 4.42. The smallest absolute Gasteiger partial charge is 0.241 e. The van der Waals surface area contributed by atoms with Crippen molar-refractivity contribution in [1.29, 1.82) is 0 Å². The third-order valence-corrected chi connectivity index (χ3v) is 3.63. The molecule has 1 amide bonds. The fourth-order valence-corrected chi connectivity index (χ4v) is 2.80. The van der Waals surface area contributed by atoms with Gasteiger partial charge in [-0.15, -0.1) is 11.3 Å². The lowest BCUT2D eigenvalue weighted by molar-refractivity contribution is -0.113. The lowest BCUT2D eigenvalue weighted by Crippen LogP contribution is -2.04. The van der Waals surface area contributed by atoms with Crippen molar-refractivity contribution >= 4 is 34.7 Å². The van der Waals surface area contributed by atoms with Crippen LogP contribution in [0.1, 0.15) is 4.88 Å². The molecule has 0 spiro atoms. The van der Waals surface area contributed by atoms with Crippen molar-refractivity contribution in [2.24, 2.45) is 5.73 Å². The van der Waals surface area contributed by atoms with Crippen molar-refractivity contribution in [3.05, 3.63) is 39.9 Å². The lowest BCUT2D eigenvalue weighted by Gasteiger charge is -1.87. The average molecular weight is 235 g/mol. The van der Waals surface area contributed by atoms with Crippen molar-refractivity contribution in [2.45, 2.75) is 0 Å². The summed E-state index contributed by atoms with van der Waals surface area (Å²) in [6.45, 7) is 0. The van der Waals surface area contributed by atoms with Crippen LogP contribution in [0.15, 0.2) is 35.0 Å². The largest absolute Gasteiger partial charge is 0.366 e. The predicted octanol–water partition coefficient (Wildman–Crippen LogP) is 2.98. The molecule has 2 aromatic heterocycles. The Morgan fingerprint density at radius 1 is 1.33 bits per heavy atom. The molecule has 2 heterocycles. The van der Waals surface area contributed by atoms with Gasteiger partial charge in [0.2, 0.25) is 5.91 Å². The highest BCUT2D eigenvalue weighted by Gasteiger charge is 2.00. The molecule has 0 radical (unpaired) electrons. The molecule has 15 heavy (non-hydrogen) atoms. The van der Waals surface area contributed by atoms with Gasteiger partial charge in [-0.25, -0.2) is 0 Å². The zero-order valence-corrected chi connectivity index (χ0v) is 9.48. The minimum atomic E-state index is -0.416. The monoisotopic (exact) mass is 235 g/mol. The van der Waals surface area contributed by atoms with Crippen molar-refractivity contribution < 1.29 is 4.79 Å². The molecule has 0 aliphatic carbocycles. The maximum absolute atomic E-state index is 10.5. The number of thiophene rings is 2. The maximum Gasteiger partial charge on any atom is 0.241 e. The summed E-state index contributed by atoms with van der Waals surface area (Å²) in [6, 6.07) is 6.11. The third kappa shape index (κ3) is 2.55. The molecule has 0 fully saturated rings. The van der Waals surface area contributed by atoms with Crippen LogP contribution in [0.3, 0.4) is 0 Å². The second-order valence-corrected chi connectivity index (χ2v) is 4.85. The predicted molar refractivity (Wildman–Crippen MR) is 65.9 cm³/mol. The average Bonchev–Trinajstić information content (AvgIpc) is 2.85. The van der Waals surface area contributed by atoms with Crippen LogP contribution in [-0.4, -0.2) is 5.91 Å². The van der Waals surface area contributed by atoms with Gasteiger partial charge in [0.1, 0.15) is 0 Å². The summed E-state index contributed by atoms with van der Waals surface area (Å²) in [7, 11) is 0. The molecule has 2 nitrogen and oxygen atoms in total. The molecule has 2 rings (SSSR count). The quantitative estimate of drug-likeness (QED) is 0.817. The summed E-state index contributed by atoms with van der Waals surface area (Å²) in [6.07, 6.45) is 3.12. The van der Waals surface area contributed by atoms with Crippen LogP contribution in [-0.2, 0) is 4.79 Å². The van der Waals surface area contributed by atoms with Gasteiger partial charge in [0, 0.05) is 21.4 Å². The zero-order valence-electron chi connectivity index (χ0n) is 7.84. The molecule has 0 saturated carbocycles. The molecule has 2 aromatic rings. The Morgan fingerprint density at radius 3 is 2.87 bits per heavy atom. The summed E-state index contributed by atoms with van der Waals surface area (Å²) >= 11 is 3.32.